The fraction of sp³-hybridized carbons (Fsp3) is 0.438. The van der Waals surface area contributed by atoms with Crippen LogP contribution in [0.2, 0.25) is 0 Å². The topological polar surface area (TPSA) is 96.8 Å². The minimum absolute atomic E-state index is 0.204. The van der Waals surface area contributed by atoms with Crippen molar-refractivity contribution in [3.8, 4) is 6.07 Å². The monoisotopic (exact) mass is 328 g/mol. The number of tetrazole rings is 1. The summed E-state index contributed by atoms with van der Waals surface area (Å²) in [7, 11) is 0. The summed E-state index contributed by atoms with van der Waals surface area (Å²) in [4.78, 5) is 26.2. The van der Waals surface area contributed by atoms with Gasteiger partial charge in [-0.2, -0.15) is 14.6 Å². The van der Waals surface area contributed by atoms with Crippen LogP contribution in [0.4, 0.5) is 5.69 Å². The molecule has 2 aromatic rings. The van der Waals surface area contributed by atoms with Crippen LogP contribution < -0.4 is 10.6 Å². The molecule has 0 aliphatic rings. The summed E-state index contributed by atoms with van der Waals surface area (Å²) < 4.78 is 2.22. The van der Waals surface area contributed by atoms with Crippen LogP contribution >= 0.6 is 0 Å². The van der Waals surface area contributed by atoms with Gasteiger partial charge < -0.3 is 4.90 Å². The van der Waals surface area contributed by atoms with Crippen molar-refractivity contribution in [1.29, 1.82) is 5.26 Å². The number of benzene rings is 1. The molecular formula is C16H20N6O2. The third-order valence-electron chi connectivity index (χ3n) is 3.55. The molecule has 2 rings (SSSR count). The molecule has 8 heteroatoms. The van der Waals surface area contributed by atoms with Gasteiger partial charge in [0.25, 0.3) is 0 Å². The lowest BCUT2D eigenvalue weighted by atomic mass is 10.1. The summed E-state index contributed by atoms with van der Waals surface area (Å²) in [6, 6.07) is 7.82. The van der Waals surface area contributed by atoms with E-state index in [2.05, 4.69) is 10.4 Å². The number of aryl methyl sites for hydroxylation is 3. The molecule has 0 bridgehead atoms. The quantitative estimate of drug-likeness (QED) is 0.789. The highest BCUT2D eigenvalue weighted by Gasteiger charge is 2.19. The first-order chi connectivity index (χ1) is 11.5. The Morgan fingerprint density at radius 1 is 1.21 bits per heavy atom. The van der Waals surface area contributed by atoms with Crippen LogP contribution in [0.3, 0.4) is 0 Å². The molecule has 8 nitrogen and oxygen atoms in total. The minimum atomic E-state index is -0.425. The van der Waals surface area contributed by atoms with E-state index < -0.39 is 5.69 Å². The number of carbonyl (C=O) groups is 1. The van der Waals surface area contributed by atoms with Gasteiger partial charge in [-0.3, -0.25) is 4.79 Å². The molecule has 0 atom stereocenters. The first-order valence-corrected chi connectivity index (χ1v) is 7.72. The summed E-state index contributed by atoms with van der Waals surface area (Å²) in [5, 5.41) is 16.3. The van der Waals surface area contributed by atoms with Crippen LogP contribution in [0.1, 0.15) is 24.5 Å². The number of anilines is 1. The van der Waals surface area contributed by atoms with E-state index >= 15 is 0 Å². The van der Waals surface area contributed by atoms with Crippen molar-refractivity contribution in [2.45, 2.75) is 40.3 Å². The lowest BCUT2D eigenvalue weighted by molar-refractivity contribution is -0.119. The van der Waals surface area contributed by atoms with Gasteiger partial charge >= 0.3 is 5.69 Å². The summed E-state index contributed by atoms with van der Waals surface area (Å²) in [5.74, 6) is -0.305. The van der Waals surface area contributed by atoms with Crippen molar-refractivity contribution in [3.05, 3.63) is 39.8 Å². The molecule has 1 amide bonds. The van der Waals surface area contributed by atoms with Gasteiger partial charge in [0.05, 0.1) is 12.5 Å². The predicted molar refractivity (Wildman–Crippen MR) is 88.5 cm³/mol. The molecule has 0 spiro atoms. The van der Waals surface area contributed by atoms with E-state index in [9.17, 15) is 9.59 Å². The Labute approximate surface area is 139 Å². The molecule has 1 heterocycles. The lowest BCUT2D eigenvalue weighted by Gasteiger charge is -2.22. The molecule has 0 fully saturated rings. The Balaban J connectivity index is 2.29. The van der Waals surface area contributed by atoms with Crippen LogP contribution in [-0.2, 0) is 17.9 Å². The molecular weight excluding hydrogens is 308 g/mol. The van der Waals surface area contributed by atoms with E-state index in [1.807, 2.05) is 38.1 Å². The van der Waals surface area contributed by atoms with Crippen molar-refractivity contribution in [1.82, 2.24) is 19.8 Å². The van der Waals surface area contributed by atoms with Crippen LogP contribution in [-0.4, -0.2) is 32.2 Å². The number of rotatable bonds is 6. The van der Waals surface area contributed by atoms with Crippen LogP contribution in [0.15, 0.2) is 23.0 Å². The van der Waals surface area contributed by atoms with Crippen molar-refractivity contribution < 1.29 is 4.79 Å². The number of carbonyl (C=O) groups excluding carboxylic acids is 1. The Kier molecular flexibility index (Phi) is 5.47. The van der Waals surface area contributed by atoms with Gasteiger partial charge in [0, 0.05) is 18.8 Å². The number of amides is 1. The Morgan fingerprint density at radius 3 is 2.38 bits per heavy atom. The standard InChI is InChI=1S/C16H20N6O2/c1-4-21-16(24)22(19-18-21)11-15(23)20(7-5-6-17)14-9-12(2)8-13(3)10-14/h8-10H,4-5,7,11H2,1-3H3. The maximum Gasteiger partial charge on any atom is 0.364 e. The highest BCUT2D eigenvalue weighted by atomic mass is 16.2. The Hall–Kier alpha value is -2.95. The predicted octanol–water partition coefficient (Wildman–Crippen LogP) is 1.02. The lowest BCUT2D eigenvalue weighted by Crippen LogP contribution is -2.38. The summed E-state index contributed by atoms with van der Waals surface area (Å²) in [6.45, 7) is 6.10. The van der Waals surface area contributed by atoms with E-state index in [0.29, 0.717) is 12.2 Å². The Bertz CT molecular complexity index is 810. The normalized spacial score (nSPS) is 10.4. The maximum absolute atomic E-state index is 12.7. The molecule has 126 valence electrons. The number of nitriles is 1. The molecule has 0 N–H and O–H groups in total. The van der Waals surface area contributed by atoms with Crippen molar-refractivity contribution in [2.24, 2.45) is 0 Å². The zero-order chi connectivity index (χ0) is 17.7. The molecule has 0 saturated carbocycles. The molecule has 1 aromatic carbocycles. The smallest absolute Gasteiger partial charge is 0.310 e. The van der Waals surface area contributed by atoms with Gasteiger partial charge in [0.1, 0.15) is 6.54 Å². The third-order valence-corrected chi connectivity index (χ3v) is 3.55. The second-order valence-electron chi connectivity index (χ2n) is 5.53. The van der Waals surface area contributed by atoms with Crippen LogP contribution in [0.5, 0.6) is 0 Å². The Morgan fingerprint density at radius 2 is 1.83 bits per heavy atom. The zero-order valence-electron chi connectivity index (χ0n) is 14.1. The molecule has 0 unspecified atom stereocenters. The molecule has 0 aliphatic heterocycles. The minimum Gasteiger partial charge on any atom is -0.310 e. The molecule has 1 aromatic heterocycles. The van der Waals surface area contributed by atoms with Crippen molar-refractivity contribution >= 4 is 11.6 Å². The van der Waals surface area contributed by atoms with Crippen molar-refractivity contribution in [2.75, 3.05) is 11.4 Å². The largest absolute Gasteiger partial charge is 0.364 e. The fourth-order valence-corrected chi connectivity index (χ4v) is 2.48. The number of hydrogen-bond donors (Lipinski definition) is 0. The summed E-state index contributed by atoms with van der Waals surface area (Å²) in [6.07, 6.45) is 0.204. The summed E-state index contributed by atoms with van der Waals surface area (Å²) >= 11 is 0. The number of aromatic nitrogens is 4. The van der Waals surface area contributed by atoms with E-state index in [1.165, 1.54) is 9.58 Å². The van der Waals surface area contributed by atoms with Gasteiger partial charge in [-0.15, -0.1) is 0 Å². The average Bonchev–Trinajstić information content (AvgIpc) is 2.87. The second-order valence-corrected chi connectivity index (χ2v) is 5.53. The zero-order valence-corrected chi connectivity index (χ0v) is 14.1. The van der Waals surface area contributed by atoms with Crippen LogP contribution in [0, 0.1) is 25.2 Å². The highest BCUT2D eigenvalue weighted by molar-refractivity contribution is 5.93. The SMILES string of the molecule is CCn1nnn(CC(=O)N(CCC#N)c2cc(C)cc(C)c2)c1=O. The fourth-order valence-electron chi connectivity index (χ4n) is 2.48. The van der Waals surface area contributed by atoms with E-state index in [4.69, 9.17) is 5.26 Å². The van der Waals surface area contributed by atoms with Gasteiger partial charge in [-0.25, -0.2) is 4.79 Å². The first-order valence-electron chi connectivity index (χ1n) is 7.72. The molecule has 0 saturated heterocycles. The third kappa shape index (κ3) is 3.87. The van der Waals surface area contributed by atoms with Crippen LogP contribution in [0.25, 0.3) is 0 Å². The summed E-state index contributed by atoms with van der Waals surface area (Å²) in [5.41, 5.74) is 2.33. The van der Waals surface area contributed by atoms with E-state index in [-0.39, 0.29) is 25.4 Å². The molecule has 0 radical (unpaired) electrons. The van der Waals surface area contributed by atoms with Gasteiger partial charge in [0.15, 0.2) is 0 Å². The van der Waals surface area contributed by atoms with E-state index in [1.54, 1.807) is 6.92 Å². The first kappa shape index (κ1) is 17.4. The van der Waals surface area contributed by atoms with Gasteiger partial charge in [-0.1, -0.05) is 6.07 Å². The van der Waals surface area contributed by atoms with Gasteiger partial charge in [0.2, 0.25) is 5.91 Å². The second kappa shape index (κ2) is 7.55. The van der Waals surface area contributed by atoms with E-state index in [0.717, 1.165) is 15.8 Å². The molecule has 24 heavy (non-hydrogen) atoms. The van der Waals surface area contributed by atoms with Crippen molar-refractivity contribution in [3.63, 3.8) is 0 Å². The number of nitrogens with zero attached hydrogens (tertiary/aromatic N) is 6. The maximum atomic E-state index is 12.7. The molecule has 0 aliphatic carbocycles. The highest BCUT2D eigenvalue weighted by Crippen LogP contribution is 2.19. The number of hydrogen-bond acceptors (Lipinski definition) is 5. The van der Waals surface area contributed by atoms with Gasteiger partial charge in [-0.05, 0) is 54.5 Å². The average molecular weight is 328 g/mol.